The van der Waals surface area contributed by atoms with Gasteiger partial charge in [-0.1, -0.05) is 48.5 Å². The molecule has 0 saturated carbocycles. The first-order valence-corrected chi connectivity index (χ1v) is 8.04. The third-order valence-electron chi connectivity index (χ3n) is 3.31. The van der Waals surface area contributed by atoms with Gasteiger partial charge in [0.2, 0.25) is 0 Å². The molecule has 7 heteroatoms. The first-order valence-electron chi connectivity index (χ1n) is 6.71. The van der Waals surface area contributed by atoms with Crippen LogP contribution in [0.25, 0.3) is 10.8 Å². The standard InChI is InChI=1S/C17H12O5S.K/c18-17(12-4-2-1-3-5-12)15-7-6-14-11-16(22-23(19,20)21)9-8-13(14)10-15;/h1-11H,(H,19,20,21);/q;+1/p-1. The van der Waals surface area contributed by atoms with E-state index in [1.54, 1.807) is 48.5 Å². The van der Waals surface area contributed by atoms with Crippen LogP contribution in [0, 0.1) is 0 Å². The fourth-order valence-corrected chi connectivity index (χ4v) is 2.63. The van der Waals surface area contributed by atoms with Gasteiger partial charge in [-0.2, -0.15) is 0 Å². The molecular weight excluding hydrogens is 355 g/mol. The first kappa shape index (κ1) is 19.3. The number of rotatable bonds is 4. The van der Waals surface area contributed by atoms with Crippen LogP contribution in [0.5, 0.6) is 5.75 Å². The van der Waals surface area contributed by atoms with Gasteiger partial charge in [0.1, 0.15) is 5.75 Å². The van der Waals surface area contributed by atoms with Crippen LogP contribution in [0.4, 0.5) is 0 Å². The Labute approximate surface area is 182 Å². The van der Waals surface area contributed by atoms with Crippen LogP contribution in [0.15, 0.2) is 66.7 Å². The van der Waals surface area contributed by atoms with Gasteiger partial charge in [0.05, 0.1) is 0 Å². The van der Waals surface area contributed by atoms with Crippen molar-refractivity contribution in [2.24, 2.45) is 0 Å². The summed E-state index contributed by atoms with van der Waals surface area (Å²) in [5, 5.41) is 1.40. The van der Waals surface area contributed by atoms with Crippen LogP contribution < -0.4 is 55.6 Å². The Morgan fingerprint density at radius 2 is 1.46 bits per heavy atom. The summed E-state index contributed by atoms with van der Waals surface area (Å²) < 4.78 is 36.2. The molecule has 0 aliphatic rings. The molecule has 0 saturated heterocycles. The molecule has 0 aliphatic carbocycles. The van der Waals surface area contributed by atoms with E-state index >= 15 is 0 Å². The average Bonchev–Trinajstić information content (AvgIpc) is 2.53. The molecule has 5 nitrogen and oxygen atoms in total. The Morgan fingerprint density at radius 1 is 0.833 bits per heavy atom. The molecule has 24 heavy (non-hydrogen) atoms. The monoisotopic (exact) mass is 366 g/mol. The van der Waals surface area contributed by atoms with E-state index in [2.05, 4.69) is 4.18 Å². The van der Waals surface area contributed by atoms with E-state index in [4.69, 9.17) is 0 Å². The number of hydrogen-bond donors (Lipinski definition) is 0. The van der Waals surface area contributed by atoms with Crippen LogP contribution in [0.3, 0.4) is 0 Å². The van der Waals surface area contributed by atoms with E-state index in [9.17, 15) is 17.8 Å². The minimum Gasteiger partial charge on any atom is -0.716 e. The normalized spacial score (nSPS) is 10.9. The SMILES string of the molecule is O=C(c1ccccc1)c1ccc2cc(OS(=O)(=O)[O-])ccc2c1.[K+]. The Morgan fingerprint density at radius 3 is 2.12 bits per heavy atom. The second-order valence-corrected chi connectivity index (χ2v) is 5.89. The van der Waals surface area contributed by atoms with Crippen molar-refractivity contribution in [3.8, 4) is 5.75 Å². The van der Waals surface area contributed by atoms with Crippen molar-refractivity contribution in [3.63, 3.8) is 0 Å². The fourth-order valence-electron chi connectivity index (χ4n) is 2.29. The van der Waals surface area contributed by atoms with Gasteiger partial charge in [-0.15, -0.1) is 0 Å². The van der Waals surface area contributed by atoms with E-state index in [-0.39, 0.29) is 62.9 Å². The molecule has 3 aromatic rings. The van der Waals surface area contributed by atoms with Crippen molar-refractivity contribution in [2.45, 2.75) is 0 Å². The van der Waals surface area contributed by atoms with Gasteiger partial charge in [0, 0.05) is 11.1 Å². The summed E-state index contributed by atoms with van der Waals surface area (Å²) in [6, 6.07) is 18.3. The second kappa shape index (κ2) is 7.88. The topological polar surface area (TPSA) is 83.5 Å². The largest absolute Gasteiger partial charge is 1.00 e. The van der Waals surface area contributed by atoms with E-state index in [0.717, 1.165) is 5.39 Å². The summed E-state index contributed by atoms with van der Waals surface area (Å²) in [6.07, 6.45) is 0. The molecule has 3 rings (SSSR count). The average molecular weight is 366 g/mol. The quantitative estimate of drug-likeness (QED) is 0.279. The second-order valence-electron chi connectivity index (χ2n) is 4.91. The predicted octanol–water partition coefficient (Wildman–Crippen LogP) is -0.0862. The van der Waals surface area contributed by atoms with Gasteiger partial charge in [-0.05, 0) is 29.0 Å². The van der Waals surface area contributed by atoms with Crippen LogP contribution in [0.1, 0.15) is 15.9 Å². The molecule has 0 amide bonds. The van der Waals surface area contributed by atoms with Gasteiger partial charge >= 0.3 is 51.4 Å². The van der Waals surface area contributed by atoms with E-state index in [0.29, 0.717) is 16.5 Å². The van der Waals surface area contributed by atoms with Crippen LogP contribution in [0.2, 0.25) is 0 Å². The van der Waals surface area contributed by atoms with Crippen molar-refractivity contribution in [1.82, 2.24) is 0 Å². The van der Waals surface area contributed by atoms with E-state index in [1.807, 2.05) is 6.07 Å². The number of hydrogen-bond acceptors (Lipinski definition) is 5. The van der Waals surface area contributed by atoms with Gasteiger partial charge in [-0.25, -0.2) is 8.42 Å². The third-order valence-corrected chi connectivity index (χ3v) is 3.70. The summed E-state index contributed by atoms with van der Waals surface area (Å²) in [7, 11) is -4.81. The van der Waals surface area contributed by atoms with Crippen molar-refractivity contribution in [1.29, 1.82) is 0 Å². The number of benzene rings is 3. The van der Waals surface area contributed by atoms with Crippen LogP contribution in [-0.2, 0) is 10.4 Å². The number of carbonyl (C=O) groups excluding carboxylic acids is 1. The molecule has 0 N–H and O–H groups in total. The zero-order valence-electron chi connectivity index (χ0n) is 12.8. The van der Waals surface area contributed by atoms with Gasteiger partial charge in [-0.3, -0.25) is 4.79 Å². The zero-order chi connectivity index (χ0) is 16.4. The molecule has 0 aromatic heterocycles. The molecule has 0 aliphatic heterocycles. The smallest absolute Gasteiger partial charge is 0.716 e. The van der Waals surface area contributed by atoms with Crippen molar-refractivity contribution < 1.29 is 73.3 Å². The minimum absolute atomic E-state index is 0. The molecule has 0 heterocycles. The van der Waals surface area contributed by atoms with Crippen molar-refractivity contribution in [2.75, 3.05) is 0 Å². The minimum atomic E-state index is -4.81. The summed E-state index contributed by atoms with van der Waals surface area (Å²) in [4.78, 5) is 12.4. The molecule has 0 radical (unpaired) electrons. The van der Waals surface area contributed by atoms with Crippen LogP contribution in [-0.4, -0.2) is 18.8 Å². The van der Waals surface area contributed by atoms with Gasteiger partial charge in [0.25, 0.3) is 10.4 Å². The molecule has 0 unspecified atom stereocenters. The summed E-state index contributed by atoms with van der Waals surface area (Å²) >= 11 is 0. The zero-order valence-corrected chi connectivity index (χ0v) is 16.7. The maximum atomic E-state index is 12.4. The molecule has 0 bridgehead atoms. The molecular formula is C17H11KO5S. The van der Waals surface area contributed by atoms with Gasteiger partial charge < -0.3 is 8.74 Å². The van der Waals surface area contributed by atoms with Gasteiger partial charge in [0.15, 0.2) is 5.78 Å². The van der Waals surface area contributed by atoms with E-state index in [1.165, 1.54) is 12.1 Å². The summed E-state index contributed by atoms with van der Waals surface area (Å²) in [6.45, 7) is 0. The first-order chi connectivity index (χ1) is 10.9. The number of carbonyl (C=O) groups is 1. The fraction of sp³-hybridized carbons (Fsp3) is 0. The van der Waals surface area contributed by atoms with Crippen molar-refractivity contribution in [3.05, 3.63) is 77.9 Å². The predicted molar refractivity (Wildman–Crippen MR) is 84.1 cm³/mol. The summed E-state index contributed by atoms with van der Waals surface area (Å²) in [5.41, 5.74) is 1.11. The Balaban J connectivity index is 0.00000208. The molecule has 116 valence electrons. The summed E-state index contributed by atoms with van der Waals surface area (Å²) in [5.74, 6) is -0.162. The van der Waals surface area contributed by atoms with Crippen molar-refractivity contribution >= 4 is 27.0 Å². The van der Waals surface area contributed by atoms with Crippen LogP contribution >= 0.6 is 0 Å². The Hall–Kier alpha value is -1.06. The maximum Gasteiger partial charge on any atom is 1.00 e. The molecule has 0 fully saturated rings. The number of fused-ring (bicyclic) bond motifs is 1. The third kappa shape index (κ3) is 4.73. The molecule has 3 aromatic carbocycles. The Kier molecular flexibility index (Phi) is 6.32. The molecule has 0 spiro atoms. The number of ketones is 1. The molecule has 0 atom stereocenters. The maximum absolute atomic E-state index is 12.4. The Bertz CT molecular complexity index is 984. The van der Waals surface area contributed by atoms with E-state index < -0.39 is 10.4 Å².